The summed E-state index contributed by atoms with van der Waals surface area (Å²) in [5.74, 6) is -29.7. The summed E-state index contributed by atoms with van der Waals surface area (Å²) in [4.78, 5) is 239. The van der Waals surface area contributed by atoms with Crippen molar-refractivity contribution in [2.45, 2.75) is 302 Å². The highest BCUT2D eigenvalue weighted by Gasteiger charge is 2.62. The Balaban J connectivity index is 1.68. The number of carboxylic acids is 5. The molecule has 12 amide bonds. The third kappa shape index (κ3) is 34.0. The first-order valence-corrected chi connectivity index (χ1v) is 41.3. The van der Waals surface area contributed by atoms with Crippen molar-refractivity contribution < 1.29 is 216 Å². The van der Waals surface area contributed by atoms with Gasteiger partial charge in [0.1, 0.15) is 140 Å². The molecule has 57 heteroatoms. The number of esters is 1. The lowest BCUT2D eigenvalue weighted by Gasteiger charge is -2.52. The van der Waals surface area contributed by atoms with E-state index in [2.05, 4.69) is 47.9 Å². The van der Waals surface area contributed by atoms with Crippen LogP contribution in [0.25, 0.3) is 0 Å². The van der Waals surface area contributed by atoms with Crippen molar-refractivity contribution in [2.24, 2.45) is 17.6 Å². The topological polar surface area (TPSA) is 916 Å². The Morgan fingerprint density at radius 2 is 0.909 bits per heavy atom. The highest BCUT2D eigenvalue weighted by molar-refractivity contribution is 6.00. The van der Waals surface area contributed by atoms with Crippen LogP contribution in [-0.4, -0.2) is 428 Å². The standard InChI is InChI=1S/C75H121N13O44/c1-26(2)15-34(65(117)80-32(10-13-47(103)104)64(116)86-38(21-89)68(120)81-31(9-12-46(101)102)63(115)85-37(71(122)123)18-49(107)108)83-62(114)33(11-14-48(105)106)82-69(121)50(28(5)93)88-67(119)35(16-27(3)4)84-66(118)36(79-45(100)20-76)17-44(99)87-70-52(78-30(7)95)60(130-72-56(112)53(109)41(98)25-126-72)58(43(24-92)127-70)129-73-57(113)61(55(111)42(23-91)128-73)132-75(74(124)125-8)19-39(96)51(77-29(6)94)59(131-75)54(110)40(97)22-90/h26-28,31-43,50-61,70,72-73,89-93,96-98,109-113H,9-25,76H2,1-8H3,(H,77,94)(H,78,95)(H,79,100)(H,80,117)(H,81,120)(H,82,121)(H,83,114)(H,84,118)(H,85,115)(H,86,116)(H,87,99)(H,88,119)(H,101,102)(H,103,104)(H,105,106)(H,107,108)(H,122,123)/t28-,31+,32+,33+,34+,35+,36+,37+,38+,39+,40-,41-,42+,43-,50+,51-,52-,53-,54-,55-,56+,57+,58-,59-,60-,61-,70-,72+,73-,75+/m1/s1. The van der Waals surface area contributed by atoms with Gasteiger partial charge in [-0.15, -0.1) is 0 Å². The lowest BCUT2D eigenvalue weighted by atomic mass is 9.88. The smallest absolute Gasteiger partial charge is 0.366 e. The molecule has 32 N–H and O–H groups in total. The van der Waals surface area contributed by atoms with Gasteiger partial charge in [-0.1, -0.05) is 27.7 Å². The zero-order valence-electron chi connectivity index (χ0n) is 72.7. The van der Waals surface area contributed by atoms with Crippen LogP contribution < -0.4 is 69.5 Å². The van der Waals surface area contributed by atoms with Gasteiger partial charge in [0, 0.05) is 39.5 Å². The van der Waals surface area contributed by atoms with Crippen molar-refractivity contribution in [3.63, 3.8) is 0 Å². The van der Waals surface area contributed by atoms with Crippen LogP contribution in [0.2, 0.25) is 0 Å². The maximum atomic E-state index is 14.6. The van der Waals surface area contributed by atoms with Gasteiger partial charge >= 0.3 is 35.8 Å². The third-order valence-corrected chi connectivity index (χ3v) is 20.7. The van der Waals surface area contributed by atoms with Gasteiger partial charge in [0.15, 0.2) is 18.8 Å². The van der Waals surface area contributed by atoms with E-state index >= 15 is 0 Å². The van der Waals surface area contributed by atoms with Crippen LogP contribution in [0.1, 0.15) is 119 Å². The number of carboxylic acid groups (broad SMARTS) is 5. The molecule has 0 aromatic heterocycles. The van der Waals surface area contributed by atoms with Gasteiger partial charge in [-0.3, -0.25) is 76.7 Å². The lowest BCUT2D eigenvalue weighted by Crippen LogP contribution is -2.72. The Bertz CT molecular complexity index is 3970. The van der Waals surface area contributed by atoms with Crippen molar-refractivity contribution >= 4 is 107 Å². The van der Waals surface area contributed by atoms with Gasteiger partial charge in [-0.25, -0.2) is 9.59 Å². The average molecular weight is 1910 g/mol. The summed E-state index contributed by atoms with van der Waals surface area (Å²) in [7, 11) is 0.769. The first-order chi connectivity index (χ1) is 61.7. The zero-order valence-corrected chi connectivity index (χ0v) is 72.7. The number of carbonyl (C=O) groups is 18. The van der Waals surface area contributed by atoms with Crippen LogP contribution >= 0.6 is 0 Å². The zero-order chi connectivity index (χ0) is 100.0. The molecule has 0 spiro atoms. The van der Waals surface area contributed by atoms with E-state index in [1.807, 2.05) is 16.0 Å². The molecule has 0 aromatic carbocycles. The van der Waals surface area contributed by atoms with Crippen molar-refractivity contribution in [1.82, 2.24) is 63.8 Å². The van der Waals surface area contributed by atoms with E-state index in [1.54, 1.807) is 0 Å². The number of amides is 12. The number of ether oxygens (including phenoxy) is 8. The number of aliphatic carboxylic acids is 5. The van der Waals surface area contributed by atoms with Gasteiger partial charge in [-0.2, -0.15) is 0 Å². The molecule has 4 rings (SSSR count). The average Bonchev–Trinajstić information content (AvgIpc) is 0.747. The van der Waals surface area contributed by atoms with E-state index in [-0.39, 0.29) is 6.42 Å². The van der Waals surface area contributed by atoms with Crippen molar-refractivity contribution in [2.75, 3.05) is 46.7 Å². The molecule has 132 heavy (non-hydrogen) atoms. The maximum absolute atomic E-state index is 14.6. The normalized spacial score (nSPS) is 27.5. The Kier molecular flexibility index (Phi) is 46.2. The Morgan fingerprint density at radius 3 is 1.36 bits per heavy atom. The number of rotatable bonds is 53. The highest BCUT2D eigenvalue weighted by atomic mass is 16.8. The van der Waals surface area contributed by atoms with E-state index in [1.165, 1.54) is 27.7 Å². The van der Waals surface area contributed by atoms with Crippen LogP contribution in [0.3, 0.4) is 0 Å². The second-order valence-corrected chi connectivity index (χ2v) is 32.2. The number of aliphatic hydroxyl groups is 13. The molecule has 4 heterocycles. The molecule has 0 radical (unpaired) electrons. The van der Waals surface area contributed by atoms with Gasteiger partial charge < -0.3 is 199 Å². The molecule has 4 aliphatic rings. The van der Waals surface area contributed by atoms with E-state index in [0.29, 0.717) is 0 Å². The fraction of sp³-hybridized carbons (Fsp3) is 0.760. The predicted molar refractivity (Wildman–Crippen MR) is 428 cm³/mol. The third-order valence-electron chi connectivity index (χ3n) is 20.7. The fourth-order valence-electron chi connectivity index (χ4n) is 14.1. The summed E-state index contributed by atoms with van der Waals surface area (Å²) >= 11 is 0. The minimum absolute atomic E-state index is 0.373. The van der Waals surface area contributed by atoms with Gasteiger partial charge in [0.25, 0.3) is 5.79 Å². The second kappa shape index (κ2) is 53.5. The minimum Gasteiger partial charge on any atom is -0.481 e. The lowest BCUT2D eigenvalue weighted by molar-refractivity contribution is -0.385. The van der Waals surface area contributed by atoms with E-state index in [4.69, 9.17) is 48.7 Å². The second-order valence-electron chi connectivity index (χ2n) is 32.2. The molecular formula is C75H121N13O44. The SMILES string of the molecule is COC(=O)[C@@]1(O[C@H]2[C@H](O)[C@@H](O[C@H]3[C@H](O[C@@H]4OC[C@@H](O)[C@@H](O)[C@@H]4O)[C@@H](NC(C)=O)[C@H](NC(=O)C[C@H](NC(=O)CN)C(=O)N[C@@H](CC(C)C)C(=O)N[C@H](C(=O)N[C@@H](CCC(=O)O)C(=O)N[C@@H](CC(C)C)C(=O)N[C@@H](CCC(=O)O)C(=O)N[C@@H](CO)C(=O)N[C@@H](CCC(=O)O)C(=O)N[C@@H](CC(=O)O)C(=O)O)[C@@H](C)O)O[C@@H]3CO)O[C@@H](CO)[C@H]2O)C[C@H](O)[C@@H](NC(C)=O)[C@H]([C@H](O)[C@H](O)CO)O1. The molecule has 30 atom stereocenters. The summed E-state index contributed by atoms with van der Waals surface area (Å²) in [5.41, 5.74) is 5.62. The van der Waals surface area contributed by atoms with Crippen LogP contribution in [0, 0.1) is 11.8 Å². The first-order valence-electron chi connectivity index (χ1n) is 41.3. The van der Waals surface area contributed by atoms with Crippen LogP contribution in [-0.2, 0) is 124 Å². The number of carbonyl (C=O) groups excluding carboxylic acids is 13. The number of nitrogens with two attached hydrogens (primary N) is 1. The predicted octanol–water partition coefficient (Wildman–Crippen LogP) is -16.1. The summed E-state index contributed by atoms with van der Waals surface area (Å²) in [6.07, 6.45) is -48.2. The molecule has 4 aliphatic heterocycles. The Morgan fingerprint density at radius 1 is 0.455 bits per heavy atom. The van der Waals surface area contributed by atoms with Crippen LogP contribution in [0.15, 0.2) is 0 Å². The quantitative estimate of drug-likeness (QED) is 0.0252. The monoisotopic (exact) mass is 1910 g/mol. The molecule has 0 saturated carbocycles. The number of methoxy groups -OCH3 is 1. The van der Waals surface area contributed by atoms with E-state index in [0.717, 1.165) is 27.9 Å². The molecule has 750 valence electrons. The van der Waals surface area contributed by atoms with Crippen molar-refractivity contribution in [3.05, 3.63) is 0 Å². The molecule has 57 nitrogen and oxygen atoms in total. The molecule has 0 aromatic rings. The molecule has 0 aliphatic carbocycles. The molecule has 4 fully saturated rings. The number of hydrogen-bond donors (Lipinski definition) is 31. The van der Waals surface area contributed by atoms with Gasteiger partial charge in [0.2, 0.25) is 70.9 Å². The number of hydrogen-bond acceptors (Lipinski definition) is 40. The minimum atomic E-state index is -3.11. The first kappa shape index (κ1) is 114. The Hall–Kier alpha value is -10.4. The largest absolute Gasteiger partial charge is 0.481 e. The van der Waals surface area contributed by atoms with Crippen LogP contribution in [0.5, 0.6) is 0 Å². The van der Waals surface area contributed by atoms with Crippen molar-refractivity contribution in [1.29, 1.82) is 0 Å². The van der Waals surface area contributed by atoms with Crippen LogP contribution in [0.4, 0.5) is 0 Å². The fourth-order valence-corrected chi connectivity index (χ4v) is 14.1. The number of nitrogens with one attached hydrogen (secondary N) is 12. The number of aliphatic hydroxyl groups excluding tert-OH is 13. The molecule has 0 unspecified atom stereocenters. The maximum Gasteiger partial charge on any atom is 0.366 e. The van der Waals surface area contributed by atoms with E-state index < -0.39 is 405 Å². The Labute approximate surface area is 750 Å². The summed E-state index contributed by atoms with van der Waals surface area (Å²) in [6, 6.07) is -22.0. The highest BCUT2D eigenvalue weighted by Crippen LogP contribution is 2.40. The summed E-state index contributed by atoms with van der Waals surface area (Å²) in [5, 5.41) is 216. The molecule has 0 bridgehead atoms. The molecule has 4 saturated heterocycles. The molecular weight excluding hydrogens is 1790 g/mol. The summed E-state index contributed by atoms with van der Waals surface area (Å²) < 4.78 is 46.6. The summed E-state index contributed by atoms with van der Waals surface area (Å²) in [6.45, 7) is 2.16. The van der Waals surface area contributed by atoms with Gasteiger partial charge in [0.05, 0.1) is 77.8 Å². The van der Waals surface area contributed by atoms with E-state index in [9.17, 15) is 173 Å². The van der Waals surface area contributed by atoms with Gasteiger partial charge in [-0.05, 0) is 50.9 Å². The van der Waals surface area contributed by atoms with Crippen molar-refractivity contribution in [3.8, 4) is 0 Å².